The van der Waals surface area contributed by atoms with Crippen molar-refractivity contribution in [2.24, 2.45) is 0 Å². The first-order chi connectivity index (χ1) is 22.1. The van der Waals surface area contributed by atoms with E-state index in [1.807, 2.05) is 24.3 Å². The van der Waals surface area contributed by atoms with Gasteiger partial charge >= 0.3 is 6.18 Å². The molecule has 7 rings (SSSR count). The van der Waals surface area contributed by atoms with Crippen molar-refractivity contribution in [3.05, 3.63) is 59.3 Å². The van der Waals surface area contributed by atoms with Gasteiger partial charge in [-0.3, -0.25) is 9.69 Å². The number of fused-ring (bicyclic) bond motifs is 2. The zero-order valence-electron chi connectivity index (χ0n) is 26.2. The average Bonchev–Trinajstić information content (AvgIpc) is 3.83. The number of halogens is 3. The van der Waals surface area contributed by atoms with Gasteiger partial charge < -0.3 is 29.5 Å². The Morgan fingerprint density at radius 3 is 2.39 bits per heavy atom. The molecule has 3 aromatic rings. The average molecular weight is 638 g/mol. The predicted molar refractivity (Wildman–Crippen MR) is 167 cm³/mol. The van der Waals surface area contributed by atoms with Crippen LogP contribution in [0.1, 0.15) is 47.2 Å². The summed E-state index contributed by atoms with van der Waals surface area (Å²) in [6.45, 7) is 6.29. The molecule has 2 aromatic carbocycles. The lowest BCUT2D eigenvalue weighted by Crippen LogP contribution is -2.52. The minimum atomic E-state index is -4.78. The molecule has 1 N–H and O–H groups in total. The van der Waals surface area contributed by atoms with Gasteiger partial charge in [-0.2, -0.15) is 18.2 Å². The van der Waals surface area contributed by atoms with E-state index in [4.69, 9.17) is 9.47 Å². The normalized spacial score (nSPS) is 20.3. The Balaban J connectivity index is 1.10. The number of rotatable bonds is 7. The number of carbonyl (C=O) groups is 1. The summed E-state index contributed by atoms with van der Waals surface area (Å²) in [5.74, 6) is -0.529. The summed E-state index contributed by atoms with van der Waals surface area (Å²) >= 11 is 0. The molecule has 2 saturated heterocycles. The number of alkyl halides is 3. The first-order valence-electron chi connectivity index (χ1n) is 15.7. The highest BCUT2D eigenvalue weighted by molar-refractivity contribution is 6.03. The van der Waals surface area contributed by atoms with Crippen LogP contribution in [0.3, 0.4) is 0 Å². The highest BCUT2D eigenvalue weighted by Gasteiger charge is 2.57. The van der Waals surface area contributed by atoms with Crippen LogP contribution < -0.4 is 19.7 Å². The lowest BCUT2D eigenvalue weighted by molar-refractivity contribution is -0.139. The minimum absolute atomic E-state index is 0.0339. The predicted octanol–water partition coefficient (Wildman–Crippen LogP) is 5.33. The van der Waals surface area contributed by atoms with Gasteiger partial charge in [-0.15, -0.1) is 0 Å². The zero-order chi connectivity index (χ0) is 32.2. The molecule has 3 aliphatic heterocycles. The van der Waals surface area contributed by atoms with Crippen LogP contribution in [0.15, 0.2) is 42.6 Å². The number of hydrogen-bond donors (Lipinski definition) is 1. The van der Waals surface area contributed by atoms with Crippen molar-refractivity contribution in [1.29, 1.82) is 0 Å². The highest BCUT2D eigenvalue weighted by atomic mass is 19.4. The van der Waals surface area contributed by atoms with Crippen LogP contribution in [-0.4, -0.2) is 97.1 Å². The maximum absolute atomic E-state index is 14.1. The number of ether oxygens (including phenoxy) is 2. The summed E-state index contributed by atoms with van der Waals surface area (Å²) in [5.41, 5.74) is 1.01. The summed E-state index contributed by atoms with van der Waals surface area (Å²) in [6.07, 6.45) is -0.312. The third-order valence-electron chi connectivity index (χ3n) is 9.99. The Kier molecular flexibility index (Phi) is 7.71. The maximum Gasteiger partial charge on any atom is 0.423 e. The molecule has 0 atom stereocenters. The molecule has 1 saturated carbocycles. The molecule has 13 heteroatoms. The number of anilines is 3. The number of benzene rings is 2. The Bertz CT molecular complexity index is 1630. The van der Waals surface area contributed by atoms with Gasteiger partial charge in [0, 0.05) is 70.3 Å². The van der Waals surface area contributed by atoms with Gasteiger partial charge in [-0.25, -0.2) is 4.98 Å². The molecule has 244 valence electrons. The summed E-state index contributed by atoms with van der Waals surface area (Å²) in [6, 6.07) is 11.3. The van der Waals surface area contributed by atoms with Crippen molar-refractivity contribution in [2.45, 2.75) is 43.4 Å². The Hall–Kier alpha value is -4.10. The second kappa shape index (κ2) is 11.6. The fourth-order valence-corrected chi connectivity index (χ4v) is 7.07. The van der Waals surface area contributed by atoms with Crippen LogP contribution >= 0.6 is 0 Å². The second-order valence-electron chi connectivity index (χ2n) is 12.7. The SMILES string of the molecule is COc1cc(N2CCC(N3CCN(C)CC3)CC2)ccc1Nc1ncc(C(F)(F)F)c(Oc2cccc3c2C(=O)N(C)C32CC2)n1. The van der Waals surface area contributed by atoms with E-state index in [-0.39, 0.29) is 23.2 Å². The van der Waals surface area contributed by atoms with Crippen molar-refractivity contribution in [1.82, 2.24) is 24.7 Å². The van der Waals surface area contributed by atoms with Crippen molar-refractivity contribution in [3.8, 4) is 17.4 Å². The van der Waals surface area contributed by atoms with E-state index in [0.29, 0.717) is 23.7 Å². The fraction of sp³-hybridized carbons (Fsp3) is 0.485. The highest BCUT2D eigenvalue weighted by Crippen LogP contribution is 2.57. The number of amides is 1. The van der Waals surface area contributed by atoms with E-state index in [1.165, 1.54) is 6.07 Å². The van der Waals surface area contributed by atoms with Gasteiger partial charge in [0.15, 0.2) is 0 Å². The number of hydrogen-bond acceptors (Lipinski definition) is 9. The molecule has 0 unspecified atom stereocenters. The van der Waals surface area contributed by atoms with Crippen molar-refractivity contribution in [3.63, 3.8) is 0 Å². The number of nitrogens with one attached hydrogen (secondary N) is 1. The molecule has 4 aliphatic rings. The maximum atomic E-state index is 14.1. The fourth-order valence-electron chi connectivity index (χ4n) is 7.07. The molecule has 1 aliphatic carbocycles. The van der Waals surface area contributed by atoms with Crippen molar-refractivity contribution >= 4 is 23.2 Å². The number of piperazine rings is 1. The Morgan fingerprint density at radius 1 is 0.978 bits per heavy atom. The monoisotopic (exact) mass is 637 g/mol. The molecule has 4 heterocycles. The summed E-state index contributed by atoms with van der Waals surface area (Å²) in [7, 11) is 5.42. The molecule has 3 fully saturated rings. The van der Waals surface area contributed by atoms with Gasteiger partial charge in [-0.1, -0.05) is 12.1 Å². The molecule has 0 bridgehead atoms. The van der Waals surface area contributed by atoms with Gasteiger partial charge in [0.05, 0.1) is 23.9 Å². The van der Waals surface area contributed by atoms with Crippen molar-refractivity contribution in [2.75, 3.05) is 70.7 Å². The standard InChI is InChI=1S/C33H38F3N7O3/c1-40-15-17-43(18-16-40)21-9-13-42(14-10-21)22-7-8-25(27(19-22)45-3)38-31-37-20-24(33(34,35)36)29(39-31)46-26-6-4-5-23-28(26)30(44)41(2)32(23)11-12-32/h4-8,19-21H,9-18H2,1-3H3,(H,37,38,39). The Labute approximate surface area is 266 Å². The molecular formula is C33H38F3N7O3. The van der Waals surface area contributed by atoms with E-state index in [0.717, 1.165) is 76.2 Å². The topological polar surface area (TPSA) is 86.3 Å². The summed E-state index contributed by atoms with van der Waals surface area (Å²) < 4.78 is 53.6. The van der Waals surface area contributed by atoms with Gasteiger partial charge in [-0.05, 0) is 56.5 Å². The van der Waals surface area contributed by atoms with Crippen molar-refractivity contribution < 1.29 is 27.4 Å². The summed E-state index contributed by atoms with van der Waals surface area (Å²) in [5, 5.41) is 3.00. The second-order valence-corrected chi connectivity index (χ2v) is 12.7. The lowest BCUT2D eigenvalue weighted by Gasteiger charge is -2.42. The van der Waals surface area contributed by atoms with E-state index in [1.54, 1.807) is 25.1 Å². The van der Waals surface area contributed by atoms with Crippen LogP contribution in [0.5, 0.6) is 17.4 Å². The Morgan fingerprint density at radius 2 is 1.72 bits per heavy atom. The zero-order valence-corrected chi connectivity index (χ0v) is 26.2. The lowest BCUT2D eigenvalue weighted by atomic mass is 10.0. The van der Waals surface area contributed by atoms with Crippen LogP contribution in [0.4, 0.5) is 30.5 Å². The molecule has 0 radical (unpaired) electrons. The van der Waals surface area contributed by atoms with Crippen LogP contribution in [0.25, 0.3) is 0 Å². The largest absolute Gasteiger partial charge is 0.494 e. The molecule has 10 nitrogen and oxygen atoms in total. The first-order valence-corrected chi connectivity index (χ1v) is 15.7. The first kappa shape index (κ1) is 30.5. The van der Waals surface area contributed by atoms with E-state index < -0.39 is 23.2 Å². The van der Waals surface area contributed by atoms with E-state index >= 15 is 0 Å². The third kappa shape index (κ3) is 5.49. The number of aromatic nitrogens is 2. The third-order valence-corrected chi connectivity index (χ3v) is 9.99. The minimum Gasteiger partial charge on any atom is -0.494 e. The number of methoxy groups -OCH3 is 1. The smallest absolute Gasteiger partial charge is 0.423 e. The van der Waals surface area contributed by atoms with Gasteiger partial charge in [0.25, 0.3) is 5.91 Å². The van der Waals surface area contributed by atoms with E-state index in [2.05, 4.69) is 37.0 Å². The number of carbonyl (C=O) groups excluding carboxylic acids is 1. The molecule has 1 amide bonds. The molecule has 46 heavy (non-hydrogen) atoms. The quantitative estimate of drug-likeness (QED) is 0.370. The molecule has 1 aromatic heterocycles. The number of likely N-dealkylation sites (N-methyl/N-ethyl adjacent to an activating group) is 1. The number of piperidine rings is 1. The van der Waals surface area contributed by atoms with Crippen LogP contribution in [0.2, 0.25) is 0 Å². The van der Waals surface area contributed by atoms with Gasteiger partial charge in [0.2, 0.25) is 11.8 Å². The van der Waals surface area contributed by atoms with Gasteiger partial charge in [0.1, 0.15) is 17.1 Å². The molecular weight excluding hydrogens is 599 g/mol. The van der Waals surface area contributed by atoms with Crippen LogP contribution in [-0.2, 0) is 11.7 Å². The van der Waals surface area contributed by atoms with E-state index in [9.17, 15) is 18.0 Å². The number of nitrogens with zero attached hydrogens (tertiary/aromatic N) is 6. The van der Waals surface area contributed by atoms with Crippen LogP contribution in [0, 0.1) is 0 Å². The molecule has 1 spiro atoms. The summed E-state index contributed by atoms with van der Waals surface area (Å²) in [4.78, 5) is 30.2.